The molecule has 0 amide bonds. The van der Waals surface area contributed by atoms with Crippen LogP contribution in [0.5, 0.6) is 0 Å². The maximum atomic E-state index is 13.2. The molecule has 0 aromatic heterocycles. The summed E-state index contributed by atoms with van der Waals surface area (Å²) in [5.74, 6) is -0.612. The van der Waals surface area contributed by atoms with Crippen molar-refractivity contribution in [3.63, 3.8) is 0 Å². The molecule has 19 heavy (non-hydrogen) atoms. The van der Waals surface area contributed by atoms with E-state index in [2.05, 4.69) is 0 Å². The topological polar surface area (TPSA) is 72.6 Å². The normalized spacial score (nSPS) is 18.6. The van der Waals surface area contributed by atoms with Crippen LogP contribution in [0.4, 0.5) is 10.1 Å². The number of ether oxygens (including phenoxy) is 1. The van der Waals surface area contributed by atoms with Gasteiger partial charge in [-0.15, -0.1) is 0 Å². The van der Waals surface area contributed by atoms with E-state index in [0.29, 0.717) is 25.9 Å². The summed E-state index contributed by atoms with van der Waals surface area (Å²) in [6.45, 7) is 0.716. The van der Waals surface area contributed by atoms with E-state index in [4.69, 9.17) is 10.5 Å². The van der Waals surface area contributed by atoms with Crippen LogP contribution < -0.4 is 5.73 Å². The molecule has 1 aromatic carbocycles. The fourth-order valence-electron chi connectivity index (χ4n) is 2.18. The Bertz CT molecular complexity index is 554. The third kappa shape index (κ3) is 2.88. The first-order valence-electron chi connectivity index (χ1n) is 6.03. The molecule has 7 heteroatoms. The molecule has 0 unspecified atom stereocenters. The zero-order valence-electron chi connectivity index (χ0n) is 10.7. The third-order valence-electron chi connectivity index (χ3n) is 3.33. The minimum Gasteiger partial charge on any atom is -0.398 e. The van der Waals surface area contributed by atoms with Crippen LogP contribution in [0.2, 0.25) is 0 Å². The summed E-state index contributed by atoms with van der Waals surface area (Å²) < 4.78 is 44.5. The fraction of sp³-hybridized carbons (Fsp3) is 0.500. The Morgan fingerprint density at radius 3 is 2.58 bits per heavy atom. The molecule has 0 atom stereocenters. The van der Waals surface area contributed by atoms with Crippen molar-refractivity contribution < 1.29 is 17.5 Å². The highest BCUT2D eigenvalue weighted by Crippen LogP contribution is 2.26. The Morgan fingerprint density at radius 1 is 1.37 bits per heavy atom. The number of piperidine rings is 1. The summed E-state index contributed by atoms with van der Waals surface area (Å²) in [4.78, 5) is -0.164. The van der Waals surface area contributed by atoms with Crippen molar-refractivity contribution in [2.75, 3.05) is 25.9 Å². The SMILES string of the molecule is COC1CCN(S(=O)(=O)c2cc(F)ccc2N)CC1. The minimum atomic E-state index is -3.73. The van der Waals surface area contributed by atoms with Crippen LogP contribution in [0.1, 0.15) is 12.8 Å². The number of nitrogens with two attached hydrogens (primary N) is 1. The summed E-state index contributed by atoms with van der Waals surface area (Å²) >= 11 is 0. The molecular formula is C12H17FN2O3S. The van der Waals surface area contributed by atoms with Gasteiger partial charge in [0.15, 0.2) is 0 Å². The second-order valence-electron chi connectivity index (χ2n) is 4.52. The Balaban J connectivity index is 2.26. The van der Waals surface area contributed by atoms with Crippen LogP contribution in [-0.4, -0.2) is 39.0 Å². The van der Waals surface area contributed by atoms with Crippen molar-refractivity contribution in [1.82, 2.24) is 4.31 Å². The van der Waals surface area contributed by atoms with Crippen molar-refractivity contribution in [3.8, 4) is 0 Å². The molecule has 2 N–H and O–H groups in total. The van der Waals surface area contributed by atoms with Crippen LogP contribution in [-0.2, 0) is 14.8 Å². The highest BCUT2D eigenvalue weighted by molar-refractivity contribution is 7.89. The molecule has 5 nitrogen and oxygen atoms in total. The van der Waals surface area contributed by atoms with Crippen molar-refractivity contribution in [1.29, 1.82) is 0 Å². The molecule has 1 aliphatic rings. The summed E-state index contributed by atoms with van der Waals surface area (Å²) in [5, 5.41) is 0. The van der Waals surface area contributed by atoms with Gasteiger partial charge in [-0.05, 0) is 31.0 Å². The molecule has 1 aromatic rings. The summed E-state index contributed by atoms with van der Waals surface area (Å²) in [6, 6.07) is 3.38. The number of hydrogen-bond donors (Lipinski definition) is 1. The first-order valence-corrected chi connectivity index (χ1v) is 7.47. The van der Waals surface area contributed by atoms with E-state index in [0.717, 1.165) is 12.1 Å². The van der Waals surface area contributed by atoms with E-state index < -0.39 is 15.8 Å². The summed E-state index contributed by atoms with van der Waals surface area (Å²) in [5.41, 5.74) is 5.70. The lowest BCUT2D eigenvalue weighted by Crippen LogP contribution is -2.40. The number of rotatable bonds is 3. The van der Waals surface area contributed by atoms with Gasteiger partial charge in [-0.1, -0.05) is 0 Å². The predicted octanol–water partition coefficient (Wildman–Crippen LogP) is 1.21. The predicted molar refractivity (Wildman–Crippen MR) is 69.6 cm³/mol. The van der Waals surface area contributed by atoms with Crippen LogP contribution in [0.3, 0.4) is 0 Å². The van der Waals surface area contributed by atoms with E-state index in [-0.39, 0.29) is 16.7 Å². The van der Waals surface area contributed by atoms with Crippen LogP contribution in [0.25, 0.3) is 0 Å². The lowest BCUT2D eigenvalue weighted by molar-refractivity contribution is 0.0604. The largest absolute Gasteiger partial charge is 0.398 e. The van der Waals surface area contributed by atoms with E-state index in [1.165, 1.54) is 10.4 Å². The Labute approximate surface area is 112 Å². The molecule has 0 radical (unpaired) electrons. The average Bonchev–Trinajstić information content (AvgIpc) is 2.41. The molecular weight excluding hydrogens is 271 g/mol. The minimum absolute atomic E-state index is 0.0651. The van der Waals surface area contributed by atoms with E-state index >= 15 is 0 Å². The standard InChI is InChI=1S/C12H17FN2O3S/c1-18-10-4-6-15(7-5-10)19(16,17)12-8-9(13)2-3-11(12)14/h2-3,8,10H,4-7,14H2,1H3. The number of nitrogens with zero attached hydrogens (tertiary/aromatic N) is 1. The molecule has 1 saturated heterocycles. The van der Waals surface area contributed by atoms with Crippen LogP contribution >= 0.6 is 0 Å². The molecule has 2 rings (SSSR count). The van der Waals surface area contributed by atoms with E-state index in [9.17, 15) is 12.8 Å². The Kier molecular flexibility index (Phi) is 4.07. The highest BCUT2D eigenvalue weighted by Gasteiger charge is 2.30. The van der Waals surface area contributed by atoms with Crippen molar-refractivity contribution >= 4 is 15.7 Å². The van der Waals surface area contributed by atoms with Gasteiger partial charge >= 0.3 is 0 Å². The maximum Gasteiger partial charge on any atom is 0.245 e. The van der Waals surface area contributed by atoms with Gasteiger partial charge in [0.05, 0.1) is 11.8 Å². The number of anilines is 1. The van der Waals surface area contributed by atoms with Crippen molar-refractivity contribution in [2.24, 2.45) is 0 Å². The lowest BCUT2D eigenvalue weighted by atomic mass is 10.1. The molecule has 1 aliphatic heterocycles. The summed E-state index contributed by atoms with van der Waals surface area (Å²) in [7, 11) is -2.12. The monoisotopic (exact) mass is 288 g/mol. The van der Waals surface area contributed by atoms with Gasteiger partial charge in [0.25, 0.3) is 0 Å². The number of methoxy groups -OCH3 is 1. The zero-order chi connectivity index (χ0) is 14.0. The molecule has 0 saturated carbocycles. The van der Waals surface area contributed by atoms with Gasteiger partial charge in [0, 0.05) is 20.2 Å². The first-order chi connectivity index (χ1) is 8.95. The van der Waals surface area contributed by atoms with Crippen LogP contribution in [0.15, 0.2) is 23.1 Å². The zero-order valence-corrected chi connectivity index (χ0v) is 11.5. The first kappa shape index (κ1) is 14.2. The second kappa shape index (κ2) is 5.44. The molecule has 0 bridgehead atoms. The number of hydrogen-bond acceptors (Lipinski definition) is 4. The van der Waals surface area contributed by atoms with Crippen molar-refractivity contribution in [3.05, 3.63) is 24.0 Å². The third-order valence-corrected chi connectivity index (χ3v) is 5.28. The molecule has 0 aliphatic carbocycles. The lowest BCUT2D eigenvalue weighted by Gasteiger charge is -2.30. The van der Waals surface area contributed by atoms with Gasteiger partial charge in [0.2, 0.25) is 10.0 Å². The Hall–Kier alpha value is -1.18. The van der Waals surface area contributed by atoms with Gasteiger partial charge in [0.1, 0.15) is 10.7 Å². The van der Waals surface area contributed by atoms with Gasteiger partial charge in [-0.3, -0.25) is 0 Å². The van der Waals surface area contributed by atoms with Gasteiger partial charge in [-0.2, -0.15) is 4.31 Å². The number of benzene rings is 1. The van der Waals surface area contributed by atoms with E-state index in [1.54, 1.807) is 7.11 Å². The quantitative estimate of drug-likeness (QED) is 0.848. The van der Waals surface area contributed by atoms with Gasteiger partial charge in [-0.25, -0.2) is 12.8 Å². The highest BCUT2D eigenvalue weighted by atomic mass is 32.2. The van der Waals surface area contributed by atoms with E-state index in [1.807, 2.05) is 0 Å². The maximum absolute atomic E-state index is 13.2. The van der Waals surface area contributed by atoms with Crippen LogP contribution in [0, 0.1) is 5.82 Å². The molecule has 1 fully saturated rings. The number of nitrogen functional groups attached to an aromatic ring is 1. The number of sulfonamides is 1. The van der Waals surface area contributed by atoms with Gasteiger partial charge < -0.3 is 10.5 Å². The molecule has 0 spiro atoms. The van der Waals surface area contributed by atoms with Crippen molar-refractivity contribution in [2.45, 2.75) is 23.8 Å². The average molecular weight is 288 g/mol. The second-order valence-corrected chi connectivity index (χ2v) is 6.43. The summed E-state index contributed by atoms with van der Waals surface area (Å²) in [6.07, 6.45) is 1.34. The smallest absolute Gasteiger partial charge is 0.245 e. The Morgan fingerprint density at radius 2 is 2.00 bits per heavy atom. The molecule has 1 heterocycles. The number of halogens is 1. The fourth-order valence-corrected chi connectivity index (χ4v) is 3.78. The molecule has 106 valence electrons.